The third-order valence-corrected chi connectivity index (χ3v) is 4.60. The smallest absolute Gasteiger partial charge is 0.155 e. The van der Waals surface area contributed by atoms with Gasteiger partial charge in [-0.2, -0.15) is 0 Å². The Bertz CT molecular complexity index is 926. The van der Waals surface area contributed by atoms with Gasteiger partial charge < -0.3 is 9.32 Å². The predicted octanol–water partition coefficient (Wildman–Crippen LogP) is 3.54. The van der Waals surface area contributed by atoms with Crippen LogP contribution in [-0.2, 0) is 6.42 Å². The summed E-state index contributed by atoms with van der Waals surface area (Å²) in [6, 6.07) is 8.40. The van der Waals surface area contributed by atoms with E-state index in [-0.39, 0.29) is 0 Å². The first-order valence-corrected chi connectivity index (χ1v) is 8.33. The number of nitrogens with zero attached hydrogens (tertiary/aromatic N) is 3. The first kappa shape index (κ1) is 14.2. The molecule has 0 unspecified atom stereocenters. The van der Waals surface area contributed by atoms with Crippen LogP contribution >= 0.6 is 0 Å². The van der Waals surface area contributed by atoms with Crippen LogP contribution in [0.5, 0.6) is 0 Å². The SMILES string of the molecule is CCN=c1cc2oc3cc4c(cc3nc-2cc1C)CCN4CC. The Labute approximate surface area is 135 Å². The fourth-order valence-corrected chi connectivity index (χ4v) is 3.39. The van der Waals surface area contributed by atoms with E-state index < -0.39 is 0 Å². The highest BCUT2D eigenvalue weighted by atomic mass is 16.3. The lowest BCUT2D eigenvalue weighted by Crippen LogP contribution is -2.19. The maximum absolute atomic E-state index is 6.16. The van der Waals surface area contributed by atoms with Crippen LogP contribution in [-0.4, -0.2) is 24.6 Å². The molecular weight excluding hydrogens is 286 g/mol. The van der Waals surface area contributed by atoms with E-state index in [2.05, 4.69) is 41.9 Å². The van der Waals surface area contributed by atoms with Gasteiger partial charge in [-0.05, 0) is 50.5 Å². The van der Waals surface area contributed by atoms with Crippen LogP contribution in [0.3, 0.4) is 0 Å². The van der Waals surface area contributed by atoms with Gasteiger partial charge in [0.25, 0.3) is 0 Å². The third kappa shape index (κ3) is 2.29. The molecule has 2 heterocycles. The molecule has 0 saturated heterocycles. The van der Waals surface area contributed by atoms with Crippen LogP contribution in [0.15, 0.2) is 33.7 Å². The van der Waals surface area contributed by atoms with E-state index in [9.17, 15) is 0 Å². The second kappa shape index (κ2) is 5.37. The van der Waals surface area contributed by atoms with Gasteiger partial charge in [0.1, 0.15) is 11.2 Å². The highest BCUT2D eigenvalue weighted by molar-refractivity contribution is 5.83. The predicted molar refractivity (Wildman–Crippen MR) is 93.1 cm³/mol. The number of fused-ring (bicyclic) bond motifs is 3. The van der Waals surface area contributed by atoms with Gasteiger partial charge in [0, 0.05) is 37.5 Å². The van der Waals surface area contributed by atoms with Crippen molar-refractivity contribution < 1.29 is 4.42 Å². The van der Waals surface area contributed by atoms with E-state index in [1.54, 1.807) is 0 Å². The Kier molecular flexibility index (Phi) is 3.33. The maximum Gasteiger partial charge on any atom is 0.155 e. The van der Waals surface area contributed by atoms with Crippen molar-refractivity contribution in [2.75, 3.05) is 24.5 Å². The molecule has 0 bridgehead atoms. The second-order valence-electron chi connectivity index (χ2n) is 6.07. The Balaban J connectivity index is 1.97. The second-order valence-corrected chi connectivity index (χ2v) is 6.07. The molecular formula is C19H21N3O. The number of anilines is 1. The molecule has 4 nitrogen and oxygen atoms in total. The zero-order valence-electron chi connectivity index (χ0n) is 13.9. The molecule has 0 atom stereocenters. The average Bonchev–Trinajstić information content (AvgIpc) is 2.94. The molecule has 2 aliphatic heterocycles. The maximum atomic E-state index is 6.16. The fraction of sp³-hybridized carbons (Fsp3) is 0.368. The number of likely N-dealkylation sites (N-methyl/N-ethyl adjacent to an activating group) is 1. The van der Waals surface area contributed by atoms with Gasteiger partial charge in [0.15, 0.2) is 11.3 Å². The van der Waals surface area contributed by atoms with Gasteiger partial charge in [-0.1, -0.05) is 0 Å². The molecule has 0 radical (unpaired) electrons. The minimum atomic E-state index is 0.770. The number of hydrogen-bond donors (Lipinski definition) is 0. The lowest BCUT2D eigenvalue weighted by Gasteiger charge is -2.17. The summed E-state index contributed by atoms with van der Waals surface area (Å²) < 4.78 is 6.16. The molecule has 0 aromatic heterocycles. The molecule has 1 aliphatic carbocycles. The molecule has 0 fully saturated rings. The highest BCUT2D eigenvalue weighted by Gasteiger charge is 2.20. The fourth-order valence-electron chi connectivity index (χ4n) is 3.39. The van der Waals surface area contributed by atoms with Crippen molar-refractivity contribution in [3.05, 3.63) is 40.7 Å². The van der Waals surface area contributed by atoms with Crippen molar-refractivity contribution in [1.29, 1.82) is 0 Å². The van der Waals surface area contributed by atoms with Crippen LogP contribution < -0.4 is 10.3 Å². The lowest BCUT2D eigenvalue weighted by atomic mass is 10.1. The van der Waals surface area contributed by atoms with E-state index in [4.69, 9.17) is 9.40 Å². The first-order chi connectivity index (χ1) is 11.2. The van der Waals surface area contributed by atoms with Crippen molar-refractivity contribution in [2.45, 2.75) is 27.2 Å². The molecule has 0 N–H and O–H groups in total. The van der Waals surface area contributed by atoms with E-state index in [0.29, 0.717) is 0 Å². The molecule has 118 valence electrons. The molecule has 0 spiro atoms. The molecule has 0 amide bonds. The van der Waals surface area contributed by atoms with Crippen LogP contribution in [0.1, 0.15) is 25.0 Å². The average molecular weight is 307 g/mol. The lowest BCUT2D eigenvalue weighted by molar-refractivity contribution is 0.611. The number of aromatic nitrogens is 1. The Morgan fingerprint density at radius 1 is 1.22 bits per heavy atom. The van der Waals surface area contributed by atoms with Crippen LogP contribution in [0, 0.1) is 6.92 Å². The summed E-state index contributed by atoms with van der Waals surface area (Å²) in [4.78, 5) is 11.7. The molecule has 4 heteroatoms. The van der Waals surface area contributed by atoms with Gasteiger partial charge in [0.2, 0.25) is 0 Å². The molecule has 0 saturated carbocycles. The molecule has 23 heavy (non-hydrogen) atoms. The van der Waals surface area contributed by atoms with Crippen molar-refractivity contribution in [1.82, 2.24) is 4.98 Å². The topological polar surface area (TPSA) is 41.6 Å². The quantitative estimate of drug-likeness (QED) is 0.680. The van der Waals surface area contributed by atoms with Gasteiger partial charge in [-0.3, -0.25) is 4.99 Å². The number of aryl methyl sites for hydroxylation is 1. The van der Waals surface area contributed by atoms with E-state index in [0.717, 1.165) is 59.5 Å². The first-order valence-electron chi connectivity index (χ1n) is 8.33. The summed E-state index contributed by atoms with van der Waals surface area (Å²) in [6.07, 6.45) is 1.09. The van der Waals surface area contributed by atoms with Crippen molar-refractivity contribution >= 4 is 16.8 Å². The number of rotatable bonds is 2. The van der Waals surface area contributed by atoms with E-state index in [1.165, 1.54) is 11.3 Å². The summed E-state index contributed by atoms with van der Waals surface area (Å²) >= 11 is 0. The third-order valence-electron chi connectivity index (χ3n) is 4.60. The Hall–Kier alpha value is -2.36. The monoisotopic (exact) mass is 307 g/mol. The Morgan fingerprint density at radius 2 is 2.09 bits per heavy atom. The van der Waals surface area contributed by atoms with Crippen molar-refractivity contribution in [3.63, 3.8) is 0 Å². The zero-order chi connectivity index (χ0) is 16.0. The minimum Gasteiger partial charge on any atom is -0.453 e. The van der Waals surface area contributed by atoms with Gasteiger partial charge in [0.05, 0.1) is 5.36 Å². The van der Waals surface area contributed by atoms with Gasteiger partial charge in [-0.25, -0.2) is 4.98 Å². The molecule has 3 aliphatic rings. The normalized spacial score (nSPS) is 14.9. The summed E-state index contributed by atoms with van der Waals surface area (Å²) in [5, 5.41) is 0.987. The molecule has 1 aromatic rings. The molecule has 1 aromatic carbocycles. The van der Waals surface area contributed by atoms with Gasteiger partial charge >= 0.3 is 0 Å². The van der Waals surface area contributed by atoms with Crippen LogP contribution in [0.4, 0.5) is 5.69 Å². The Morgan fingerprint density at radius 3 is 2.87 bits per heavy atom. The van der Waals surface area contributed by atoms with E-state index >= 15 is 0 Å². The summed E-state index contributed by atoms with van der Waals surface area (Å²) in [7, 11) is 0. The van der Waals surface area contributed by atoms with Gasteiger partial charge in [-0.15, -0.1) is 0 Å². The number of hydrogen-bond acceptors (Lipinski definition) is 4. The van der Waals surface area contributed by atoms with Crippen molar-refractivity contribution in [3.8, 4) is 11.5 Å². The van der Waals surface area contributed by atoms with Crippen molar-refractivity contribution in [2.24, 2.45) is 4.99 Å². The zero-order valence-corrected chi connectivity index (χ0v) is 13.9. The van der Waals surface area contributed by atoms with Crippen LogP contribution in [0.25, 0.3) is 22.6 Å². The summed E-state index contributed by atoms with van der Waals surface area (Å²) in [6.45, 7) is 9.19. The largest absolute Gasteiger partial charge is 0.453 e. The summed E-state index contributed by atoms with van der Waals surface area (Å²) in [5.41, 5.74) is 6.48. The van der Waals surface area contributed by atoms with Crippen LogP contribution in [0.2, 0.25) is 0 Å². The summed E-state index contributed by atoms with van der Waals surface area (Å²) in [5.74, 6) is 0.802. The standard InChI is InChI=1S/C19H21N3O/c1-4-20-14-10-18-15(8-12(14)3)21-16-9-13-6-7-22(5-2)17(13)11-19(16)23-18/h8-11H,4-7H2,1-3H3. The highest BCUT2D eigenvalue weighted by Crippen LogP contribution is 2.33. The molecule has 4 rings (SSSR count). The minimum absolute atomic E-state index is 0.770. The van der Waals surface area contributed by atoms with E-state index in [1.807, 2.05) is 13.0 Å². The number of benzene rings is 2.